The van der Waals surface area contributed by atoms with Crippen LogP contribution in [0.5, 0.6) is 6.01 Å². The molecule has 5 rings (SSSR count). The van der Waals surface area contributed by atoms with Crippen LogP contribution in [0.3, 0.4) is 0 Å². The molecule has 120 valence electrons. The van der Waals surface area contributed by atoms with E-state index >= 15 is 0 Å². The highest BCUT2D eigenvalue weighted by molar-refractivity contribution is 5.62. The molecule has 3 saturated heterocycles. The topological polar surface area (TPSA) is 38.2 Å². The molecule has 2 aromatic rings. The van der Waals surface area contributed by atoms with Crippen molar-refractivity contribution >= 4 is 0 Å². The monoisotopic (exact) mass is 317 g/mol. The SMILES string of the molecule is Fc1ccc(F)c(-c2cnc(O[C@H]3CN4CCC3CC4)nc2)c1. The standard InChI is InChI=1S/C17H17F2N3O/c18-13-1-2-15(19)14(7-13)12-8-20-17(21-9-12)23-16-10-22-5-3-11(16)4-6-22/h1-2,7-9,11,16H,3-6,10H2/t16-/m0/s1. The van der Waals surface area contributed by atoms with Gasteiger partial charge in [-0.25, -0.2) is 18.7 Å². The predicted molar refractivity (Wildman–Crippen MR) is 81.0 cm³/mol. The van der Waals surface area contributed by atoms with Crippen LogP contribution in [0.25, 0.3) is 11.1 Å². The van der Waals surface area contributed by atoms with E-state index in [0.29, 0.717) is 17.5 Å². The van der Waals surface area contributed by atoms with E-state index in [0.717, 1.165) is 50.7 Å². The first-order valence-corrected chi connectivity index (χ1v) is 7.85. The summed E-state index contributed by atoms with van der Waals surface area (Å²) in [5.74, 6) is -0.431. The Labute approximate surface area is 133 Å². The third kappa shape index (κ3) is 2.91. The Hall–Kier alpha value is -2.08. The van der Waals surface area contributed by atoms with E-state index in [1.165, 1.54) is 12.4 Å². The van der Waals surface area contributed by atoms with E-state index < -0.39 is 11.6 Å². The van der Waals surface area contributed by atoms with Crippen molar-refractivity contribution in [2.24, 2.45) is 5.92 Å². The van der Waals surface area contributed by atoms with Crippen LogP contribution in [0.4, 0.5) is 8.78 Å². The summed E-state index contributed by atoms with van der Waals surface area (Å²) >= 11 is 0. The maximum atomic E-state index is 13.8. The first kappa shape index (κ1) is 14.5. The lowest BCUT2D eigenvalue weighted by atomic mass is 9.86. The van der Waals surface area contributed by atoms with Crippen LogP contribution in [0.2, 0.25) is 0 Å². The van der Waals surface area contributed by atoms with Crippen molar-refractivity contribution in [2.45, 2.75) is 18.9 Å². The van der Waals surface area contributed by atoms with E-state index in [-0.39, 0.29) is 11.7 Å². The van der Waals surface area contributed by atoms with Crippen LogP contribution in [0.1, 0.15) is 12.8 Å². The molecule has 1 atom stereocenters. The van der Waals surface area contributed by atoms with E-state index in [1.807, 2.05) is 0 Å². The quantitative estimate of drug-likeness (QED) is 0.872. The molecule has 0 radical (unpaired) electrons. The lowest BCUT2D eigenvalue weighted by molar-refractivity contribution is -0.0123. The van der Waals surface area contributed by atoms with Crippen LogP contribution in [0.15, 0.2) is 30.6 Å². The lowest BCUT2D eigenvalue weighted by Crippen LogP contribution is -2.52. The van der Waals surface area contributed by atoms with Gasteiger partial charge in [0.05, 0.1) is 0 Å². The van der Waals surface area contributed by atoms with Gasteiger partial charge in [-0.15, -0.1) is 0 Å². The summed E-state index contributed by atoms with van der Waals surface area (Å²) in [5, 5.41) is 0. The average molecular weight is 317 g/mol. The van der Waals surface area contributed by atoms with Crippen LogP contribution >= 0.6 is 0 Å². The molecule has 0 saturated carbocycles. The molecule has 23 heavy (non-hydrogen) atoms. The number of hydrogen-bond acceptors (Lipinski definition) is 4. The number of aromatic nitrogens is 2. The van der Waals surface area contributed by atoms with Gasteiger partial charge in [-0.1, -0.05) is 0 Å². The minimum absolute atomic E-state index is 0.120. The highest BCUT2D eigenvalue weighted by atomic mass is 19.1. The van der Waals surface area contributed by atoms with Crippen LogP contribution in [0, 0.1) is 17.6 Å². The number of piperidine rings is 3. The van der Waals surface area contributed by atoms with E-state index in [9.17, 15) is 8.78 Å². The van der Waals surface area contributed by atoms with Gasteiger partial charge < -0.3 is 4.74 Å². The van der Waals surface area contributed by atoms with Crippen molar-refractivity contribution in [3.63, 3.8) is 0 Å². The number of hydrogen-bond donors (Lipinski definition) is 0. The summed E-state index contributed by atoms with van der Waals surface area (Å²) in [6.07, 6.45) is 5.37. The number of ether oxygens (including phenoxy) is 1. The molecule has 0 spiro atoms. The van der Waals surface area contributed by atoms with Crippen LogP contribution in [-0.4, -0.2) is 40.6 Å². The molecule has 4 heterocycles. The zero-order valence-electron chi connectivity index (χ0n) is 12.6. The highest BCUT2D eigenvalue weighted by Gasteiger charge is 2.35. The molecule has 0 N–H and O–H groups in total. The maximum absolute atomic E-state index is 13.8. The Morgan fingerprint density at radius 3 is 2.48 bits per heavy atom. The van der Waals surface area contributed by atoms with E-state index in [1.54, 1.807) is 0 Å². The summed E-state index contributed by atoms with van der Waals surface area (Å²) in [6.45, 7) is 3.20. The molecule has 3 aliphatic heterocycles. The minimum Gasteiger partial charge on any atom is -0.458 e. The Kier molecular flexibility index (Phi) is 3.69. The van der Waals surface area contributed by atoms with Gasteiger partial charge in [0, 0.05) is 30.1 Å². The van der Waals surface area contributed by atoms with Gasteiger partial charge in [-0.3, -0.25) is 4.90 Å². The van der Waals surface area contributed by atoms with E-state index in [4.69, 9.17) is 4.74 Å². The normalized spacial score (nSPS) is 26.3. The van der Waals surface area contributed by atoms with Crippen molar-refractivity contribution in [3.05, 3.63) is 42.2 Å². The number of fused-ring (bicyclic) bond motifs is 3. The van der Waals surface area contributed by atoms with Crippen molar-refractivity contribution in [3.8, 4) is 17.1 Å². The largest absolute Gasteiger partial charge is 0.458 e. The summed E-state index contributed by atoms with van der Waals surface area (Å²) in [5.41, 5.74) is 0.586. The summed E-state index contributed by atoms with van der Waals surface area (Å²) in [6, 6.07) is 3.62. The third-order valence-electron chi connectivity index (χ3n) is 4.72. The fourth-order valence-corrected chi connectivity index (χ4v) is 3.41. The number of benzene rings is 1. The fourth-order valence-electron chi connectivity index (χ4n) is 3.41. The van der Waals surface area contributed by atoms with Gasteiger partial charge in [0.2, 0.25) is 0 Å². The fraction of sp³-hybridized carbons (Fsp3) is 0.412. The molecule has 2 bridgehead atoms. The van der Waals surface area contributed by atoms with Gasteiger partial charge in [-0.05, 0) is 50.0 Å². The molecule has 3 aliphatic rings. The van der Waals surface area contributed by atoms with Gasteiger partial charge in [-0.2, -0.15) is 0 Å². The number of nitrogens with zero attached hydrogens (tertiary/aromatic N) is 3. The predicted octanol–water partition coefficient (Wildman–Crippen LogP) is 2.89. The molecular weight excluding hydrogens is 300 g/mol. The molecule has 6 heteroatoms. The number of rotatable bonds is 3. The second kappa shape index (κ2) is 5.85. The van der Waals surface area contributed by atoms with Gasteiger partial charge in [0.1, 0.15) is 17.7 Å². The molecule has 4 nitrogen and oxygen atoms in total. The molecule has 3 fully saturated rings. The Morgan fingerprint density at radius 1 is 1.09 bits per heavy atom. The Bertz CT molecular complexity index is 699. The van der Waals surface area contributed by atoms with Crippen molar-refractivity contribution in [2.75, 3.05) is 19.6 Å². The summed E-state index contributed by atoms with van der Waals surface area (Å²) in [7, 11) is 0. The molecule has 1 aromatic carbocycles. The summed E-state index contributed by atoms with van der Waals surface area (Å²) < 4.78 is 32.9. The Balaban J connectivity index is 1.51. The summed E-state index contributed by atoms with van der Waals surface area (Å²) in [4.78, 5) is 10.7. The number of halogens is 2. The van der Waals surface area contributed by atoms with Crippen molar-refractivity contribution < 1.29 is 13.5 Å². The van der Waals surface area contributed by atoms with E-state index in [2.05, 4.69) is 14.9 Å². The van der Waals surface area contributed by atoms with Gasteiger partial charge in [0.25, 0.3) is 0 Å². The smallest absolute Gasteiger partial charge is 0.316 e. The highest BCUT2D eigenvalue weighted by Crippen LogP contribution is 2.30. The average Bonchev–Trinajstić information content (AvgIpc) is 2.59. The van der Waals surface area contributed by atoms with Gasteiger partial charge in [0.15, 0.2) is 0 Å². The molecule has 0 aliphatic carbocycles. The van der Waals surface area contributed by atoms with Crippen molar-refractivity contribution in [1.29, 1.82) is 0 Å². The maximum Gasteiger partial charge on any atom is 0.316 e. The molecule has 0 unspecified atom stereocenters. The van der Waals surface area contributed by atoms with Crippen LogP contribution < -0.4 is 4.74 Å². The first-order chi connectivity index (χ1) is 11.2. The zero-order chi connectivity index (χ0) is 15.8. The second-order valence-corrected chi connectivity index (χ2v) is 6.17. The molecular formula is C17H17F2N3O. The zero-order valence-corrected chi connectivity index (χ0v) is 12.6. The molecule has 1 aromatic heterocycles. The first-order valence-electron chi connectivity index (χ1n) is 7.85. The lowest BCUT2D eigenvalue weighted by Gasteiger charge is -2.43. The second-order valence-electron chi connectivity index (χ2n) is 6.17. The molecule has 0 amide bonds. The van der Waals surface area contributed by atoms with Crippen LogP contribution in [-0.2, 0) is 0 Å². The minimum atomic E-state index is -0.499. The van der Waals surface area contributed by atoms with Gasteiger partial charge >= 0.3 is 6.01 Å². The third-order valence-corrected chi connectivity index (χ3v) is 4.72. The Morgan fingerprint density at radius 2 is 1.83 bits per heavy atom. The van der Waals surface area contributed by atoms with Crippen molar-refractivity contribution in [1.82, 2.24) is 14.9 Å².